The molecular formula is C3H6B3N3O6. The van der Waals surface area contributed by atoms with E-state index in [2.05, 4.69) is 0 Å². The van der Waals surface area contributed by atoms with Gasteiger partial charge in [0.25, 0.3) is 0 Å². The van der Waals surface area contributed by atoms with Gasteiger partial charge in [-0.15, -0.1) is 0 Å². The Labute approximate surface area is 85.7 Å². The number of carbonyl (C=O) groups is 3. The predicted molar refractivity (Wildman–Crippen MR) is 51.0 cm³/mol. The summed E-state index contributed by atoms with van der Waals surface area (Å²) in [7, 11) is -1.06. The summed E-state index contributed by atoms with van der Waals surface area (Å²) in [5, 5.41) is 25.9. The molecule has 0 aromatic heterocycles. The Balaban J connectivity index is 2.77. The molecular weight excluding hydrogens is 206 g/mol. The van der Waals surface area contributed by atoms with E-state index in [4.69, 9.17) is 15.3 Å². The molecule has 1 saturated heterocycles. The molecule has 0 aromatic rings. The van der Waals surface area contributed by atoms with Gasteiger partial charge in [-0.1, -0.05) is 0 Å². The second-order valence-electron chi connectivity index (χ2n) is 2.89. The van der Waals surface area contributed by atoms with Crippen LogP contribution in [-0.4, -0.2) is 70.4 Å². The first-order chi connectivity index (χ1) is 6.91. The minimum Gasteiger partial charge on any atom is -0.467 e. The fourth-order valence-electron chi connectivity index (χ4n) is 1.12. The van der Waals surface area contributed by atoms with Crippen LogP contribution in [0, 0.1) is 0 Å². The van der Waals surface area contributed by atoms with Gasteiger partial charge >= 0.3 is 40.9 Å². The van der Waals surface area contributed by atoms with E-state index >= 15 is 0 Å². The summed E-state index contributed by atoms with van der Waals surface area (Å²) in [4.78, 5) is 31.7. The summed E-state index contributed by atoms with van der Waals surface area (Å²) >= 11 is 0. The zero-order chi connectivity index (χ0) is 11.6. The summed E-state index contributed by atoms with van der Waals surface area (Å²) in [6.45, 7) is 0. The van der Waals surface area contributed by atoms with Crippen molar-refractivity contribution in [1.82, 2.24) is 14.2 Å². The first-order valence-electron chi connectivity index (χ1n) is 3.85. The van der Waals surface area contributed by atoms with Gasteiger partial charge in [0.05, 0.1) is 0 Å². The van der Waals surface area contributed by atoms with Crippen LogP contribution in [0.4, 0.5) is 14.4 Å². The molecule has 1 fully saturated rings. The molecule has 1 aliphatic rings. The van der Waals surface area contributed by atoms with Crippen molar-refractivity contribution >= 4 is 40.9 Å². The molecule has 1 heterocycles. The molecule has 1 aliphatic heterocycles. The molecule has 78 valence electrons. The predicted octanol–water partition coefficient (Wildman–Crippen LogP) is -2.26. The number of rotatable bonds is 0. The van der Waals surface area contributed by atoms with Gasteiger partial charge in [0.2, 0.25) is 0 Å². The minimum absolute atomic E-state index is 0.353. The quantitative estimate of drug-likeness (QED) is 0.390. The molecule has 0 aliphatic carbocycles. The van der Waals surface area contributed by atoms with E-state index in [-0.39, 0.29) is 22.6 Å². The SMILES string of the molecule is O=C(O)N1BN(C(=O)O)BN(C(=O)O)B1. The van der Waals surface area contributed by atoms with Crippen LogP contribution in [0.5, 0.6) is 0 Å². The van der Waals surface area contributed by atoms with E-state index in [9.17, 15) is 14.4 Å². The van der Waals surface area contributed by atoms with E-state index in [0.29, 0.717) is 14.2 Å². The first-order valence-corrected chi connectivity index (χ1v) is 3.85. The van der Waals surface area contributed by atoms with Crippen LogP contribution in [0.1, 0.15) is 0 Å². The monoisotopic (exact) mass is 213 g/mol. The van der Waals surface area contributed by atoms with Crippen LogP contribution in [0.15, 0.2) is 0 Å². The lowest BCUT2D eigenvalue weighted by atomic mass is 9.75. The summed E-state index contributed by atoms with van der Waals surface area (Å²) < 4.78 is 2.06. The summed E-state index contributed by atoms with van der Waals surface area (Å²) in [5.41, 5.74) is 0. The standard InChI is InChI=1S/C3H6B3N3O6/c10-1(11)7-4-8(2(12)13)6-9(5-7)3(14)15/h4-6H,(H,10,11)(H,12,13)(H,14,15). The van der Waals surface area contributed by atoms with Gasteiger partial charge in [0, 0.05) is 0 Å². The molecule has 0 bridgehead atoms. The third-order valence-electron chi connectivity index (χ3n) is 1.84. The van der Waals surface area contributed by atoms with E-state index in [1.165, 1.54) is 0 Å². The molecule has 0 spiro atoms. The Morgan fingerprint density at radius 1 is 0.667 bits per heavy atom. The molecule has 3 amide bonds. The molecule has 1 rings (SSSR count). The highest BCUT2D eigenvalue weighted by Gasteiger charge is 2.35. The van der Waals surface area contributed by atoms with Gasteiger partial charge in [-0.25, -0.2) is 14.4 Å². The zero-order valence-electron chi connectivity index (χ0n) is 7.53. The maximum Gasteiger partial charge on any atom is 0.385 e. The van der Waals surface area contributed by atoms with Crippen LogP contribution < -0.4 is 0 Å². The summed E-state index contributed by atoms with van der Waals surface area (Å²) in [6.07, 6.45) is -4.10. The average Bonchev–Trinajstić information content (AvgIpc) is 2.16. The highest BCUT2D eigenvalue weighted by Crippen LogP contribution is 2.02. The van der Waals surface area contributed by atoms with Crippen LogP contribution in [0.3, 0.4) is 0 Å². The highest BCUT2D eigenvalue weighted by atomic mass is 16.4. The van der Waals surface area contributed by atoms with Gasteiger partial charge < -0.3 is 29.5 Å². The second-order valence-corrected chi connectivity index (χ2v) is 2.89. The van der Waals surface area contributed by atoms with Gasteiger partial charge in [0.15, 0.2) is 0 Å². The van der Waals surface area contributed by atoms with Crippen LogP contribution >= 0.6 is 0 Å². The zero-order valence-corrected chi connectivity index (χ0v) is 7.53. The third kappa shape index (κ3) is 2.48. The first kappa shape index (κ1) is 11.1. The minimum atomic E-state index is -1.37. The van der Waals surface area contributed by atoms with Crippen molar-refractivity contribution in [2.24, 2.45) is 0 Å². The molecule has 0 aromatic carbocycles. The Morgan fingerprint density at radius 3 is 1.00 bits per heavy atom. The van der Waals surface area contributed by atoms with Crippen molar-refractivity contribution in [3.63, 3.8) is 0 Å². The Bertz CT molecular complexity index is 258. The van der Waals surface area contributed by atoms with Gasteiger partial charge in [-0.2, -0.15) is 0 Å². The van der Waals surface area contributed by atoms with Gasteiger partial charge in [0.1, 0.15) is 0 Å². The molecule has 0 radical (unpaired) electrons. The molecule has 12 heteroatoms. The topological polar surface area (TPSA) is 122 Å². The molecule has 0 unspecified atom stereocenters. The maximum absolute atomic E-state index is 10.6. The van der Waals surface area contributed by atoms with Crippen LogP contribution in [-0.2, 0) is 0 Å². The van der Waals surface area contributed by atoms with Crippen molar-refractivity contribution in [2.45, 2.75) is 0 Å². The van der Waals surface area contributed by atoms with Crippen molar-refractivity contribution in [3.8, 4) is 0 Å². The van der Waals surface area contributed by atoms with Crippen molar-refractivity contribution < 1.29 is 29.7 Å². The smallest absolute Gasteiger partial charge is 0.385 e. The van der Waals surface area contributed by atoms with Gasteiger partial charge in [-0.3, -0.25) is 0 Å². The second kappa shape index (κ2) is 4.03. The van der Waals surface area contributed by atoms with E-state index < -0.39 is 18.3 Å². The molecule has 0 saturated carbocycles. The third-order valence-corrected chi connectivity index (χ3v) is 1.84. The lowest BCUT2D eigenvalue weighted by Gasteiger charge is -2.35. The maximum atomic E-state index is 10.6. The van der Waals surface area contributed by atoms with Crippen LogP contribution in [0.2, 0.25) is 0 Å². The van der Waals surface area contributed by atoms with E-state index in [1.807, 2.05) is 0 Å². The lowest BCUT2D eigenvalue weighted by molar-refractivity contribution is 0.172. The molecule has 0 atom stereocenters. The normalized spacial score (nSPS) is 14.8. The Morgan fingerprint density at radius 2 is 0.867 bits per heavy atom. The summed E-state index contributed by atoms with van der Waals surface area (Å²) in [5.74, 6) is 0. The number of nitrogens with zero attached hydrogens (tertiary/aromatic N) is 3. The number of hydrogen-bond acceptors (Lipinski definition) is 3. The Hall–Kier alpha value is -2.00. The molecule has 15 heavy (non-hydrogen) atoms. The van der Waals surface area contributed by atoms with E-state index in [1.54, 1.807) is 0 Å². The number of hydrogen-bond donors (Lipinski definition) is 3. The Kier molecular flexibility index (Phi) is 2.97. The van der Waals surface area contributed by atoms with E-state index in [0.717, 1.165) is 0 Å². The van der Waals surface area contributed by atoms with Crippen molar-refractivity contribution in [2.75, 3.05) is 0 Å². The summed E-state index contributed by atoms with van der Waals surface area (Å²) in [6, 6.07) is 0. The van der Waals surface area contributed by atoms with Crippen molar-refractivity contribution in [1.29, 1.82) is 0 Å². The fraction of sp³-hybridized carbons (Fsp3) is 0. The van der Waals surface area contributed by atoms with Gasteiger partial charge in [-0.05, 0) is 0 Å². The molecule has 3 N–H and O–H groups in total. The fourth-order valence-corrected chi connectivity index (χ4v) is 1.12. The number of amides is 3. The lowest BCUT2D eigenvalue weighted by Crippen LogP contribution is -2.64. The largest absolute Gasteiger partial charge is 0.467 e. The molecule has 9 nitrogen and oxygen atoms in total. The highest BCUT2D eigenvalue weighted by molar-refractivity contribution is 6.72. The van der Waals surface area contributed by atoms with Crippen LogP contribution in [0.25, 0.3) is 0 Å². The number of carboxylic acid groups (broad SMARTS) is 3. The van der Waals surface area contributed by atoms with Crippen molar-refractivity contribution in [3.05, 3.63) is 0 Å². The average molecular weight is 213 g/mol.